The van der Waals surface area contributed by atoms with Gasteiger partial charge in [-0.25, -0.2) is 4.98 Å². The van der Waals surface area contributed by atoms with Gasteiger partial charge >= 0.3 is 0 Å². The number of hydrogen-bond acceptors (Lipinski definition) is 3. The van der Waals surface area contributed by atoms with Crippen LogP contribution in [0.15, 0.2) is 35.3 Å². The summed E-state index contributed by atoms with van der Waals surface area (Å²) in [4.78, 5) is 16.0. The van der Waals surface area contributed by atoms with Crippen molar-refractivity contribution in [3.05, 3.63) is 40.9 Å². The highest BCUT2D eigenvalue weighted by molar-refractivity contribution is 9.10. The van der Waals surface area contributed by atoms with E-state index < -0.39 is 0 Å². The van der Waals surface area contributed by atoms with Gasteiger partial charge in [-0.2, -0.15) is 0 Å². The zero-order valence-corrected chi connectivity index (χ0v) is 11.9. The molecule has 19 heavy (non-hydrogen) atoms. The average Bonchev–Trinajstić information content (AvgIpc) is 2.99. The van der Waals surface area contributed by atoms with Crippen LogP contribution in [-0.2, 0) is 4.79 Å². The second kappa shape index (κ2) is 4.79. The number of carbonyl (C=O) groups is 1. The topological polar surface area (TPSA) is 59.0 Å². The fourth-order valence-corrected chi connectivity index (χ4v) is 2.84. The number of amides is 1. The van der Waals surface area contributed by atoms with Crippen molar-refractivity contribution in [3.63, 3.8) is 0 Å². The lowest BCUT2D eigenvalue weighted by Crippen LogP contribution is -2.27. The summed E-state index contributed by atoms with van der Waals surface area (Å²) < 4.78 is 2.83. The Hall–Kier alpha value is -1.66. The first kappa shape index (κ1) is 12.4. The summed E-state index contributed by atoms with van der Waals surface area (Å²) in [5, 5.41) is 6.09. The van der Waals surface area contributed by atoms with E-state index in [4.69, 9.17) is 0 Å². The minimum absolute atomic E-state index is 0.00784. The van der Waals surface area contributed by atoms with Gasteiger partial charge < -0.3 is 15.2 Å². The molecule has 2 heterocycles. The third-order valence-electron chi connectivity index (χ3n) is 3.14. The number of benzene rings is 1. The Kier molecular flexibility index (Phi) is 3.12. The molecule has 2 aromatic rings. The van der Waals surface area contributed by atoms with Crippen molar-refractivity contribution in [3.8, 4) is 5.69 Å². The van der Waals surface area contributed by atoms with Gasteiger partial charge in [-0.3, -0.25) is 4.79 Å². The summed E-state index contributed by atoms with van der Waals surface area (Å²) in [5.74, 6) is -0.00784. The predicted octanol–water partition coefficient (Wildman–Crippen LogP) is 2.24. The Morgan fingerprint density at radius 1 is 1.53 bits per heavy atom. The standard InChI is InChI=1S/C13H13BrN4O/c1-2-16-12-8-5-9(14)11(18-4-3-15-7-18)6-10(8)17-13(12)19/h3-7,12,16H,2H2,1H3,(H,17,19). The number of carbonyl (C=O) groups excluding carboxylic acids is 1. The van der Waals surface area contributed by atoms with Gasteiger partial charge in [-0.1, -0.05) is 6.92 Å². The van der Waals surface area contributed by atoms with E-state index >= 15 is 0 Å². The van der Waals surface area contributed by atoms with Gasteiger partial charge in [-0.15, -0.1) is 0 Å². The third kappa shape index (κ3) is 2.06. The maximum Gasteiger partial charge on any atom is 0.246 e. The molecule has 1 unspecified atom stereocenters. The van der Waals surface area contributed by atoms with E-state index in [1.54, 1.807) is 12.5 Å². The van der Waals surface area contributed by atoms with Crippen LogP contribution in [0.1, 0.15) is 18.5 Å². The molecule has 0 saturated heterocycles. The lowest BCUT2D eigenvalue weighted by molar-refractivity contribution is -0.117. The molecule has 2 N–H and O–H groups in total. The number of hydrogen-bond donors (Lipinski definition) is 2. The lowest BCUT2D eigenvalue weighted by atomic mass is 10.1. The van der Waals surface area contributed by atoms with Gasteiger partial charge in [0.2, 0.25) is 5.91 Å². The first-order valence-electron chi connectivity index (χ1n) is 6.06. The summed E-state index contributed by atoms with van der Waals surface area (Å²) in [6.45, 7) is 2.73. The Balaban J connectivity index is 2.07. The number of fused-ring (bicyclic) bond motifs is 1. The number of anilines is 1. The van der Waals surface area contributed by atoms with Gasteiger partial charge in [-0.05, 0) is 34.6 Å². The second-order valence-corrected chi connectivity index (χ2v) is 5.20. The predicted molar refractivity (Wildman–Crippen MR) is 76.3 cm³/mol. The van der Waals surface area contributed by atoms with Crippen LogP contribution < -0.4 is 10.6 Å². The smallest absolute Gasteiger partial charge is 0.246 e. The zero-order valence-electron chi connectivity index (χ0n) is 10.4. The van der Waals surface area contributed by atoms with Crippen LogP contribution in [0.3, 0.4) is 0 Å². The monoisotopic (exact) mass is 320 g/mol. The maximum absolute atomic E-state index is 11.9. The van der Waals surface area contributed by atoms with Crippen LogP contribution in [0, 0.1) is 0 Å². The normalized spacial score (nSPS) is 17.4. The van der Waals surface area contributed by atoms with Crippen molar-refractivity contribution in [1.29, 1.82) is 0 Å². The van der Waals surface area contributed by atoms with Gasteiger partial charge in [0, 0.05) is 28.1 Å². The second-order valence-electron chi connectivity index (χ2n) is 4.34. The van der Waals surface area contributed by atoms with Gasteiger partial charge in [0.05, 0.1) is 12.0 Å². The van der Waals surface area contributed by atoms with Crippen LogP contribution in [0.2, 0.25) is 0 Å². The molecule has 1 aromatic carbocycles. The molecule has 3 rings (SSSR count). The average molecular weight is 321 g/mol. The number of halogens is 1. The Morgan fingerprint density at radius 2 is 2.37 bits per heavy atom. The molecule has 0 saturated carbocycles. The van der Waals surface area contributed by atoms with Crippen molar-refractivity contribution in [1.82, 2.24) is 14.9 Å². The Labute approximate surface area is 119 Å². The molecule has 1 aliphatic rings. The first-order valence-corrected chi connectivity index (χ1v) is 6.86. The minimum Gasteiger partial charge on any atom is -0.324 e. The Bertz CT molecular complexity index is 624. The van der Waals surface area contributed by atoms with Gasteiger partial charge in [0.1, 0.15) is 6.04 Å². The van der Waals surface area contributed by atoms with Crippen LogP contribution >= 0.6 is 15.9 Å². The van der Waals surface area contributed by atoms with E-state index in [0.29, 0.717) is 0 Å². The van der Waals surface area contributed by atoms with E-state index in [2.05, 4.69) is 31.5 Å². The summed E-state index contributed by atoms with van der Waals surface area (Å²) in [6, 6.07) is 3.67. The first-order chi connectivity index (χ1) is 9.20. The van der Waals surface area contributed by atoms with Crippen molar-refractivity contribution < 1.29 is 4.79 Å². The zero-order chi connectivity index (χ0) is 13.4. The number of likely N-dealkylation sites (N-methyl/N-ethyl adjacent to an activating group) is 1. The van der Waals surface area contributed by atoms with Crippen LogP contribution in [0.25, 0.3) is 5.69 Å². The van der Waals surface area contributed by atoms with Crippen molar-refractivity contribution in [2.75, 3.05) is 11.9 Å². The Morgan fingerprint density at radius 3 is 3.05 bits per heavy atom. The van der Waals surface area contributed by atoms with E-state index in [1.807, 2.05) is 29.8 Å². The number of imidazole rings is 1. The highest BCUT2D eigenvalue weighted by Gasteiger charge is 2.30. The fourth-order valence-electron chi connectivity index (χ4n) is 2.28. The number of rotatable bonds is 3. The number of aromatic nitrogens is 2. The molecule has 1 aliphatic heterocycles. The molecule has 1 atom stereocenters. The van der Waals surface area contributed by atoms with Crippen LogP contribution in [0.4, 0.5) is 5.69 Å². The molecule has 98 valence electrons. The molecule has 0 aliphatic carbocycles. The number of nitrogens with one attached hydrogen (secondary N) is 2. The number of nitrogens with zero attached hydrogens (tertiary/aromatic N) is 2. The summed E-state index contributed by atoms with van der Waals surface area (Å²) in [5.41, 5.74) is 2.78. The minimum atomic E-state index is -0.270. The molecule has 1 amide bonds. The summed E-state index contributed by atoms with van der Waals surface area (Å²) in [7, 11) is 0. The highest BCUT2D eigenvalue weighted by Crippen LogP contribution is 2.36. The van der Waals surface area contributed by atoms with Crippen LogP contribution in [0.5, 0.6) is 0 Å². The third-order valence-corrected chi connectivity index (χ3v) is 3.78. The van der Waals surface area contributed by atoms with Crippen molar-refractivity contribution >= 4 is 27.5 Å². The largest absolute Gasteiger partial charge is 0.324 e. The molecule has 0 spiro atoms. The summed E-state index contributed by atoms with van der Waals surface area (Å²) in [6.07, 6.45) is 5.32. The summed E-state index contributed by atoms with van der Waals surface area (Å²) >= 11 is 3.55. The molecular formula is C13H13BrN4O. The molecule has 6 heteroatoms. The van der Waals surface area contributed by atoms with Crippen molar-refractivity contribution in [2.24, 2.45) is 0 Å². The molecule has 1 aromatic heterocycles. The quantitative estimate of drug-likeness (QED) is 0.911. The maximum atomic E-state index is 11.9. The van der Waals surface area contributed by atoms with E-state index in [0.717, 1.165) is 28.0 Å². The van der Waals surface area contributed by atoms with E-state index in [1.165, 1.54) is 0 Å². The molecule has 0 radical (unpaired) electrons. The lowest BCUT2D eigenvalue weighted by Gasteiger charge is -2.11. The van der Waals surface area contributed by atoms with Gasteiger partial charge in [0.25, 0.3) is 0 Å². The highest BCUT2D eigenvalue weighted by atomic mass is 79.9. The van der Waals surface area contributed by atoms with E-state index in [9.17, 15) is 4.79 Å². The SMILES string of the molecule is CCNC1C(=O)Nc2cc(-n3ccnc3)c(Br)cc21. The molecular weight excluding hydrogens is 308 g/mol. The van der Waals surface area contributed by atoms with E-state index in [-0.39, 0.29) is 11.9 Å². The van der Waals surface area contributed by atoms with Crippen LogP contribution in [-0.4, -0.2) is 22.0 Å². The fraction of sp³-hybridized carbons (Fsp3) is 0.231. The van der Waals surface area contributed by atoms with Crippen molar-refractivity contribution in [2.45, 2.75) is 13.0 Å². The molecule has 0 fully saturated rings. The molecule has 5 nitrogen and oxygen atoms in total. The van der Waals surface area contributed by atoms with Gasteiger partial charge in [0.15, 0.2) is 0 Å². The molecule has 0 bridgehead atoms.